The van der Waals surface area contributed by atoms with Gasteiger partial charge in [-0.1, -0.05) is 6.58 Å². The highest BCUT2D eigenvalue weighted by atomic mass is 16.7. The Labute approximate surface area is 175 Å². The van der Waals surface area contributed by atoms with E-state index < -0.39 is 53.8 Å². The predicted octanol–water partition coefficient (Wildman–Crippen LogP) is 1.76. The minimum atomic E-state index is -1.04. The van der Waals surface area contributed by atoms with E-state index in [0.717, 1.165) is 0 Å². The number of rotatable bonds is 3. The van der Waals surface area contributed by atoms with Crippen molar-refractivity contribution < 1.29 is 38.4 Å². The molecular weight excluding hydrogens is 392 g/mol. The molecule has 1 aliphatic carbocycles. The van der Waals surface area contributed by atoms with Crippen LogP contribution in [0.2, 0.25) is 0 Å². The van der Waals surface area contributed by atoms with E-state index in [0.29, 0.717) is 11.1 Å². The molecule has 7 atom stereocenters. The van der Waals surface area contributed by atoms with Gasteiger partial charge in [-0.05, 0) is 51.0 Å². The summed E-state index contributed by atoms with van der Waals surface area (Å²) in [7, 11) is 0. The second kappa shape index (κ2) is 8.00. The van der Waals surface area contributed by atoms with E-state index in [1.165, 1.54) is 6.92 Å². The summed E-state index contributed by atoms with van der Waals surface area (Å²) < 4.78 is 21.9. The summed E-state index contributed by atoms with van der Waals surface area (Å²) in [4.78, 5) is 36.5. The molecule has 3 rings (SSSR count). The maximum absolute atomic E-state index is 12.7. The van der Waals surface area contributed by atoms with Crippen LogP contribution in [-0.4, -0.2) is 59.1 Å². The molecule has 1 N–H and O–H groups in total. The Bertz CT molecular complexity index is 840. The molecule has 2 saturated heterocycles. The van der Waals surface area contributed by atoms with Gasteiger partial charge >= 0.3 is 17.9 Å². The van der Waals surface area contributed by atoms with E-state index in [4.69, 9.17) is 18.9 Å². The van der Waals surface area contributed by atoms with Gasteiger partial charge in [0, 0.05) is 18.9 Å². The largest absolute Gasteiger partial charge is 0.458 e. The molecule has 2 heterocycles. The number of esters is 3. The van der Waals surface area contributed by atoms with Crippen molar-refractivity contribution in [2.24, 2.45) is 5.92 Å². The average Bonchev–Trinajstić information content (AvgIpc) is 3.17. The maximum Gasteiger partial charge on any atom is 0.341 e. The van der Waals surface area contributed by atoms with Crippen molar-refractivity contribution in [3.05, 3.63) is 35.5 Å². The molecule has 0 aromatic carbocycles. The van der Waals surface area contributed by atoms with Crippen molar-refractivity contribution in [1.82, 2.24) is 0 Å². The zero-order valence-electron chi connectivity index (χ0n) is 17.8. The Morgan fingerprint density at radius 3 is 2.43 bits per heavy atom. The Hall–Kier alpha value is -2.45. The van der Waals surface area contributed by atoms with Crippen LogP contribution in [0.5, 0.6) is 0 Å². The number of ether oxygens (including phenoxy) is 4. The molecule has 8 heteroatoms. The first-order chi connectivity index (χ1) is 13.9. The number of epoxide rings is 1. The Balaban J connectivity index is 1.99. The van der Waals surface area contributed by atoms with Crippen LogP contribution in [0.3, 0.4) is 0 Å². The van der Waals surface area contributed by atoms with Gasteiger partial charge in [0.2, 0.25) is 0 Å². The quantitative estimate of drug-likeness (QED) is 0.242. The Morgan fingerprint density at radius 2 is 1.87 bits per heavy atom. The zero-order chi connectivity index (χ0) is 22.4. The van der Waals surface area contributed by atoms with Gasteiger partial charge in [-0.2, -0.15) is 0 Å². The fourth-order valence-corrected chi connectivity index (χ4v) is 3.78. The molecule has 0 unspecified atom stereocenters. The number of fused-ring (bicyclic) bond motifs is 1. The van der Waals surface area contributed by atoms with Crippen molar-refractivity contribution in [3.63, 3.8) is 0 Å². The SMILES string of the molecule is C=C1C(=O)O[C@@H]2/C=C(/C)[C@@H](OC(C)=O)C[C@@H](O)/C(C)=C\[C@@H](OC(=O)[C@]3(C)O[C@@H]3C)[C@@H]12. The third-order valence-corrected chi connectivity index (χ3v) is 6.04. The molecule has 30 heavy (non-hydrogen) atoms. The summed E-state index contributed by atoms with van der Waals surface area (Å²) >= 11 is 0. The number of carbonyl (C=O) groups is 3. The summed E-state index contributed by atoms with van der Waals surface area (Å²) in [6, 6.07) is 0. The van der Waals surface area contributed by atoms with Crippen LogP contribution >= 0.6 is 0 Å². The first kappa shape index (κ1) is 22.2. The average molecular weight is 420 g/mol. The van der Waals surface area contributed by atoms with Crippen LogP contribution in [0.1, 0.15) is 41.0 Å². The number of hydrogen-bond donors (Lipinski definition) is 1. The van der Waals surface area contributed by atoms with Crippen LogP contribution in [0.25, 0.3) is 0 Å². The van der Waals surface area contributed by atoms with Crippen LogP contribution in [-0.2, 0) is 33.3 Å². The smallest absolute Gasteiger partial charge is 0.341 e. The van der Waals surface area contributed by atoms with Gasteiger partial charge in [0.25, 0.3) is 0 Å². The van der Waals surface area contributed by atoms with E-state index in [1.54, 1.807) is 39.8 Å². The summed E-state index contributed by atoms with van der Waals surface area (Å²) in [6.45, 7) is 11.9. The molecule has 0 saturated carbocycles. The molecular formula is C22H28O8. The first-order valence-electron chi connectivity index (χ1n) is 9.94. The highest BCUT2D eigenvalue weighted by molar-refractivity contribution is 5.91. The number of hydrogen-bond acceptors (Lipinski definition) is 8. The van der Waals surface area contributed by atoms with Crippen LogP contribution in [0, 0.1) is 5.92 Å². The van der Waals surface area contributed by atoms with Gasteiger partial charge in [0.1, 0.15) is 18.3 Å². The molecule has 2 aliphatic heterocycles. The molecule has 0 radical (unpaired) electrons. The van der Waals surface area contributed by atoms with Gasteiger partial charge in [-0.25, -0.2) is 9.59 Å². The van der Waals surface area contributed by atoms with E-state index in [1.807, 2.05) is 0 Å². The Kier molecular flexibility index (Phi) is 5.93. The zero-order valence-corrected chi connectivity index (χ0v) is 17.8. The summed E-state index contributed by atoms with van der Waals surface area (Å²) in [6.07, 6.45) is -0.176. The molecule has 164 valence electrons. The highest BCUT2D eigenvalue weighted by Crippen LogP contribution is 2.40. The monoisotopic (exact) mass is 420 g/mol. The lowest BCUT2D eigenvalue weighted by atomic mass is 9.85. The highest BCUT2D eigenvalue weighted by Gasteiger charge is 2.58. The van der Waals surface area contributed by atoms with Crippen LogP contribution < -0.4 is 0 Å². The van der Waals surface area contributed by atoms with Crippen molar-refractivity contribution in [2.45, 2.75) is 77.2 Å². The third kappa shape index (κ3) is 4.20. The molecule has 0 aromatic heterocycles. The fraction of sp³-hybridized carbons (Fsp3) is 0.591. The third-order valence-electron chi connectivity index (χ3n) is 6.04. The number of aliphatic hydroxyl groups excluding tert-OH is 1. The molecule has 0 spiro atoms. The van der Waals surface area contributed by atoms with E-state index >= 15 is 0 Å². The normalized spacial score (nSPS) is 42.1. The topological polar surface area (TPSA) is 112 Å². The van der Waals surface area contributed by atoms with Gasteiger partial charge in [0.15, 0.2) is 5.60 Å². The minimum Gasteiger partial charge on any atom is -0.458 e. The summed E-state index contributed by atoms with van der Waals surface area (Å²) in [5.41, 5.74) is 0.260. The summed E-state index contributed by atoms with van der Waals surface area (Å²) in [5.74, 6) is -2.32. The van der Waals surface area contributed by atoms with Crippen LogP contribution in [0.15, 0.2) is 35.5 Å². The Morgan fingerprint density at radius 1 is 1.23 bits per heavy atom. The second-order valence-electron chi connectivity index (χ2n) is 8.33. The van der Waals surface area contributed by atoms with Gasteiger partial charge in [0.05, 0.1) is 18.1 Å². The second-order valence-corrected chi connectivity index (χ2v) is 8.33. The molecule has 0 aromatic rings. The fourth-order valence-electron chi connectivity index (χ4n) is 3.78. The first-order valence-corrected chi connectivity index (χ1v) is 9.94. The van der Waals surface area contributed by atoms with Crippen molar-refractivity contribution >= 4 is 17.9 Å². The van der Waals surface area contributed by atoms with E-state index in [9.17, 15) is 19.5 Å². The maximum atomic E-state index is 12.7. The van der Waals surface area contributed by atoms with Crippen molar-refractivity contribution in [2.75, 3.05) is 0 Å². The summed E-state index contributed by atoms with van der Waals surface area (Å²) in [5, 5.41) is 10.7. The van der Waals surface area contributed by atoms with E-state index in [-0.39, 0.29) is 18.1 Å². The van der Waals surface area contributed by atoms with Gasteiger partial charge < -0.3 is 24.1 Å². The molecule has 0 amide bonds. The van der Waals surface area contributed by atoms with Gasteiger partial charge in [-0.15, -0.1) is 0 Å². The minimum absolute atomic E-state index is 0.120. The lowest BCUT2D eigenvalue weighted by Crippen LogP contribution is -2.37. The lowest BCUT2D eigenvalue weighted by Gasteiger charge is -2.29. The molecule has 8 nitrogen and oxygen atoms in total. The van der Waals surface area contributed by atoms with Crippen LogP contribution in [0.4, 0.5) is 0 Å². The standard InChI is InChI=1S/C22H28O8/c1-10-7-18(29-21(26)22(6)13(4)30-22)19-12(3)20(25)28-17(19)8-11(2)16(9-15(10)24)27-14(5)23/h7-8,13,15-19,24H,3,9H2,1-2,4-6H3/b10-7-,11-8-/t13-,15-,16+,17-,18-,19+,22-/m1/s1. The number of aliphatic hydroxyl groups is 1. The van der Waals surface area contributed by atoms with Gasteiger partial charge in [-0.3, -0.25) is 4.79 Å². The number of carbonyl (C=O) groups excluding carboxylic acids is 3. The lowest BCUT2D eigenvalue weighted by molar-refractivity contribution is -0.155. The molecule has 3 aliphatic rings. The predicted molar refractivity (Wildman–Crippen MR) is 105 cm³/mol. The van der Waals surface area contributed by atoms with Crippen molar-refractivity contribution in [1.29, 1.82) is 0 Å². The molecule has 2 fully saturated rings. The van der Waals surface area contributed by atoms with Crippen molar-refractivity contribution in [3.8, 4) is 0 Å². The van der Waals surface area contributed by atoms with E-state index in [2.05, 4.69) is 6.58 Å². The molecule has 0 bridgehead atoms.